The van der Waals surface area contributed by atoms with E-state index in [1.54, 1.807) is 10.7 Å². The highest BCUT2D eigenvalue weighted by molar-refractivity contribution is 7.90. The summed E-state index contributed by atoms with van der Waals surface area (Å²) in [5, 5.41) is 14.7. The summed E-state index contributed by atoms with van der Waals surface area (Å²) in [5.74, 6) is 1.19. The third-order valence-electron chi connectivity index (χ3n) is 4.18. The predicted molar refractivity (Wildman–Crippen MR) is 95.2 cm³/mol. The number of hydrogen-bond acceptors (Lipinski definition) is 7. The van der Waals surface area contributed by atoms with Gasteiger partial charge in [-0.05, 0) is 25.0 Å². The highest BCUT2D eigenvalue weighted by Crippen LogP contribution is 2.40. The van der Waals surface area contributed by atoms with Gasteiger partial charge in [0.1, 0.15) is 15.4 Å². The second-order valence-corrected chi connectivity index (χ2v) is 8.64. The summed E-state index contributed by atoms with van der Waals surface area (Å²) < 4.78 is 24.3. The van der Waals surface area contributed by atoms with E-state index in [-0.39, 0.29) is 18.2 Å². The molecule has 4 N–H and O–H groups in total. The van der Waals surface area contributed by atoms with Crippen LogP contribution in [0.25, 0.3) is 16.8 Å². The minimum atomic E-state index is -3.07. The van der Waals surface area contributed by atoms with Crippen LogP contribution in [0.3, 0.4) is 0 Å². The lowest BCUT2D eigenvalue weighted by Gasteiger charge is -2.09. The van der Waals surface area contributed by atoms with Gasteiger partial charge in [0.05, 0.1) is 11.4 Å². The van der Waals surface area contributed by atoms with Crippen LogP contribution < -0.4 is 11.1 Å². The Morgan fingerprint density at radius 2 is 2.24 bits per heavy atom. The van der Waals surface area contributed by atoms with Crippen LogP contribution in [0.4, 0.5) is 11.8 Å². The van der Waals surface area contributed by atoms with Gasteiger partial charge in [0.15, 0.2) is 5.82 Å². The Kier molecular flexibility index (Phi) is 3.64. The van der Waals surface area contributed by atoms with Gasteiger partial charge in [-0.3, -0.25) is 5.10 Å². The van der Waals surface area contributed by atoms with Crippen LogP contribution in [0.5, 0.6) is 0 Å². The van der Waals surface area contributed by atoms with E-state index >= 15 is 0 Å². The Morgan fingerprint density at radius 1 is 1.44 bits per heavy atom. The first-order valence-electron chi connectivity index (χ1n) is 8.03. The summed E-state index contributed by atoms with van der Waals surface area (Å²) in [7, 11) is -3.07. The average Bonchev–Trinajstić information content (AvgIpc) is 3.10. The monoisotopic (exact) mass is 361 g/mol. The molecular formula is C15H19N7O2S. The first kappa shape index (κ1) is 15.9. The summed E-state index contributed by atoms with van der Waals surface area (Å²) in [4.78, 5) is 4.24. The number of H-pyrrole nitrogens is 1. The quantitative estimate of drug-likeness (QED) is 0.597. The van der Waals surface area contributed by atoms with Gasteiger partial charge in [0.2, 0.25) is 5.95 Å². The number of nitrogens with one attached hydrogen (secondary N) is 2. The molecule has 1 fully saturated rings. The molecule has 0 atom stereocenters. The van der Waals surface area contributed by atoms with E-state index in [0.29, 0.717) is 11.7 Å². The van der Waals surface area contributed by atoms with Crippen molar-refractivity contribution < 1.29 is 8.42 Å². The highest BCUT2D eigenvalue weighted by Gasteiger charge is 2.26. The van der Waals surface area contributed by atoms with Gasteiger partial charge < -0.3 is 11.1 Å². The standard InChI is InChI=1S/C15H19N7O2S/c1-25(23,24)7-5-17-14-13-10(4-6-22(13)21-15(16)18-14)12-8-11(19-20-12)9-2-3-9/h4,6,8-9H,2-3,5,7H2,1H3,(H,19,20)(H3,16,17,18,21). The molecule has 3 heterocycles. The summed E-state index contributed by atoms with van der Waals surface area (Å²) in [6.07, 6.45) is 5.37. The number of nitrogens with two attached hydrogens (primary N) is 1. The van der Waals surface area contributed by atoms with Gasteiger partial charge in [-0.2, -0.15) is 10.1 Å². The molecule has 0 spiro atoms. The SMILES string of the molecule is CS(=O)(=O)CCNc1nc(N)nn2ccc(-c3cc(C4CC4)[nH]n3)c12. The molecule has 0 saturated heterocycles. The Bertz CT molecular complexity index is 1030. The number of aromatic amines is 1. The van der Waals surface area contributed by atoms with Crippen LogP contribution in [0, 0.1) is 0 Å². The second-order valence-electron chi connectivity index (χ2n) is 6.38. The Hall–Kier alpha value is -2.62. The maximum Gasteiger partial charge on any atom is 0.240 e. The van der Waals surface area contributed by atoms with E-state index in [1.165, 1.54) is 19.1 Å². The Morgan fingerprint density at radius 3 is 2.96 bits per heavy atom. The van der Waals surface area contributed by atoms with Crippen molar-refractivity contribution in [1.29, 1.82) is 0 Å². The number of hydrogen-bond donors (Lipinski definition) is 3. The molecule has 3 aromatic rings. The lowest BCUT2D eigenvalue weighted by atomic mass is 10.1. The van der Waals surface area contributed by atoms with Crippen molar-refractivity contribution in [2.24, 2.45) is 0 Å². The van der Waals surface area contributed by atoms with E-state index in [2.05, 4.69) is 25.6 Å². The average molecular weight is 361 g/mol. The zero-order chi connectivity index (χ0) is 17.6. The predicted octanol–water partition coefficient (Wildman–Crippen LogP) is 1.04. The highest BCUT2D eigenvalue weighted by atomic mass is 32.2. The Labute approximate surface area is 144 Å². The number of rotatable bonds is 6. The van der Waals surface area contributed by atoms with Crippen LogP contribution in [0.2, 0.25) is 0 Å². The zero-order valence-electron chi connectivity index (χ0n) is 13.7. The summed E-state index contributed by atoms with van der Waals surface area (Å²) >= 11 is 0. The van der Waals surface area contributed by atoms with Crippen molar-refractivity contribution in [2.75, 3.05) is 29.6 Å². The summed E-state index contributed by atoms with van der Waals surface area (Å²) in [6, 6.07) is 3.95. The number of nitrogens with zero attached hydrogens (tertiary/aromatic N) is 4. The molecule has 4 rings (SSSR count). The maximum absolute atomic E-state index is 11.3. The van der Waals surface area contributed by atoms with Gasteiger partial charge in [0, 0.05) is 36.2 Å². The van der Waals surface area contributed by atoms with Crippen molar-refractivity contribution in [3.8, 4) is 11.3 Å². The molecule has 0 aliphatic heterocycles. The summed E-state index contributed by atoms with van der Waals surface area (Å²) in [5.41, 5.74) is 9.29. The van der Waals surface area contributed by atoms with E-state index in [4.69, 9.17) is 5.73 Å². The fraction of sp³-hybridized carbons (Fsp3) is 0.400. The molecule has 10 heteroatoms. The van der Waals surface area contributed by atoms with Crippen molar-refractivity contribution >= 4 is 27.1 Å². The second kappa shape index (κ2) is 5.73. The van der Waals surface area contributed by atoms with Gasteiger partial charge in [-0.15, -0.1) is 5.10 Å². The van der Waals surface area contributed by atoms with Crippen LogP contribution in [-0.4, -0.2) is 51.8 Å². The van der Waals surface area contributed by atoms with Crippen molar-refractivity contribution in [3.05, 3.63) is 24.0 Å². The molecule has 25 heavy (non-hydrogen) atoms. The largest absolute Gasteiger partial charge is 0.367 e. The van der Waals surface area contributed by atoms with Crippen molar-refractivity contribution in [1.82, 2.24) is 24.8 Å². The van der Waals surface area contributed by atoms with E-state index < -0.39 is 9.84 Å². The minimum absolute atomic E-state index is 0.00728. The van der Waals surface area contributed by atoms with E-state index in [9.17, 15) is 8.42 Å². The smallest absolute Gasteiger partial charge is 0.240 e. The van der Waals surface area contributed by atoms with Gasteiger partial charge >= 0.3 is 0 Å². The molecular weight excluding hydrogens is 342 g/mol. The number of nitrogen functional groups attached to an aromatic ring is 1. The molecule has 1 aliphatic rings. The maximum atomic E-state index is 11.3. The Balaban J connectivity index is 1.72. The number of fused-ring (bicyclic) bond motifs is 1. The zero-order valence-corrected chi connectivity index (χ0v) is 14.5. The molecule has 0 radical (unpaired) electrons. The molecule has 0 bridgehead atoms. The first-order valence-corrected chi connectivity index (χ1v) is 10.1. The molecule has 1 aliphatic carbocycles. The number of sulfone groups is 1. The topological polar surface area (TPSA) is 131 Å². The molecule has 3 aromatic heterocycles. The minimum Gasteiger partial charge on any atom is -0.367 e. The fourth-order valence-electron chi connectivity index (χ4n) is 2.80. The number of aromatic nitrogens is 5. The fourth-order valence-corrected chi connectivity index (χ4v) is 3.28. The van der Waals surface area contributed by atoms with E-state index in [1.807, 2.05) is 12.1 Å². The third-order valence-corrected chi connectivity index (χ3v) is 5.13. The molecule has 1 saturated carbocycles. The molecule has 9 nitrogen and oxygen atoms in total. The van der Waals surface area contributed by atoms with Gasteiger partial charge in [-0.1, -0.05) is 0 Å². The third kappa shape index (κ3) is 3.29. The lowest BCUT2D eigenvalue weighted by Crippen LogP contribution is -2.16. The van der Waals surface area contributed by atoms with Crippen LogP contribution in [0.15, 0.2) is 18.3 Å². The molecule has 0 amide bonds. The molecule has 132 valence electrons. The van der Waals surface area contributed by atoms with Gasteiger partial charge in [0.25, 0.3) is 0 Å². The normalized spacial score (nSPS) is 14.9. The molecule has 0 unspecified atom stereocenters. The van der Waals surface area contributed by atoms with Crippen molar-refractivity contribution in [2.45, 2.75) is 18.8 Å². The van der Waals surface area contributed by atoms with Gasteiger partial charge in [-0.25, -0.2) is 12.9 Å². The van der Waals surface area contributed by atoms with Crippen LogP contribution in [0.1, 0.15) is 24.5 Å². The molecule has 0 aromatic carbocycles. The van der Waals surface area contributed by atoms with Crippen LogP contribution >= 0.6 is 0 Å². The van der Waals surface area contributed by atoms with Crippen LogP contribution in [-0.2, 0) is 9.84 Å². The first-order chi connectivity index (χ1) is 11.9. The lowest BCUT2D eigenvalue weighted by molar-refractivity contribution is 0.602. The van der Waals surface area contributed by atoms with E-state index in [0.717, 1.165) is 22.5 Å². The number of anilines is 2. The van der Waals surface area contributed by atoms with Crippen molar-refractivity contribution in [3.63, 3.8) is 0 Å². The summed E-state index contributed by atoms with van der Waals surface area (Å²) in [6.45, 7) is 0.240.